The largest absolute Gasteiger partial charge is 0.455 e. The van der Waals surface area contributed by atoms with Gasteiger partial charge in [-0.1, -0.05) is 17.7 Å². The van der Waals surface area contributed by atoms with Crippen molar-refractivity contribution in [2.75, 3.05) is 0 Å². The molecule has 3 aromatic rings. The van der Waals surface area contributed by atoms with Crippen molar-refractivity contribution in [3.8, 4) is 0 Å². The molecule has 0 bridgehead atoms. The zero-order valence-electron chi connectivity index (χ0n) is 17.6. The molecule has 33 heavy (non-hydrogen) atoms. The lowest BCUT2D eigenvalue weighted by atomic mass is 9.93. The fourth-order valence-electron chi connectivity index (χ4n) is 3.55. The molecule has 1 aromatic carbocycles. The molecule has 0 fully saturated rings. The predicted octanol–water partition coefficient (Wildman–Crippen LogP) is 3.18. The number of nitrogens with zero attached hydrogens (tertiary/aromatic N) is 2. The van der Waals surface area contributed by atoms with Gasteiger partial charge < -0.3 is 4.42 Å². The third kappa shape index (κ3) is 4.93. The van der Waals surface area contributed by atoms with Gasteiger partial charge in [0.05, 0.1) is 5.71 Å². The van der Waals surface area contributed by atoms with Gasteiger partial charge in [-0.25, -0.2) is 5.43 Å². The normalized spacial score (nSPS) is 13.8. The molecule has 2 aromatic heterocycles. The molecule has 1 aliphatic rings. The van der Waals surface area contributed by atoms with Crippen LogP contribution >= 0.6 is 11.6 Å². The van der Waals surface area contributed by atoms with Crippen molar-refractivity contribution in [1.82, 2.24) is 21.3 Å². The standard InChI is InChI=1S/C23H20ClN5O4/c1-13-19-17(26-27-22(31)15-4-2-5-16(24)12-15)6-3-7-18(19)33-20(13)23(32)29-28-21(30)14-8-10-25-11-9-14/h2,4-5,8-12H,3,6-7H2,1H3,(H,27,31)(H,28,30)(H,29,32)/b26-17+. The maximum absolute atomic E-state index is 12.7. The lowest BCUT2D eigenvalue weighted by Gasteiger charge is -2.13. The van der Waals surface area contributed by atoms with Crippen LogP contribution < -0.4 is 16.3 Å². The Labute approximate surface area is 194 Å². The minimum absolute atomic E-state index is 0.0748. The third-order valence-corrected chi connectivity index (χ3v) is 5.38. The highest BCUT2D eigenvalue weighted by Crippen LogP contribution is 2.29. The van der Waals surface area contributed by atoms with Crippen LogP contribution in [0.1, 0.15) is 61.0 Å². The van der Waals surface area contributed by atoms with Crippen LogP contribution in [0.3, 0.4) is 0 Å². The molecule has 4 rings (SSSR count). The van der Waals surface area contributed by atoms with Gasteiger partial charge in [-0.2, -0.15) is 5.10 Å². The number of pyridine rings is 1. The summed E-state index contributed by atoms with van der Waals surface area (Å²) < 4.78 is 5.79. The van der Waals surface area contributed by atoms with E-state index in [0.717, 1.165) is 6.42 Å². The van der Waals surface area contributed by atoms with E-state index in [0.29, 0.717) is 51.6 Å². The monoisotopic (exact) mass is 465 g/mol. The first-order chi connectivity index (χ1) is 15.9. The number of carbonyl (C=O) groups excluding carboxylic acids is 3. The number of hydrazone groups is 1. The lowest BCUT2D eigenvalue weighted by Crippen LogP contribution is -2.41. The van der Waals surface area contributed by atoms with Gasteiger partial charge in [0.1, 0.15) is 5.76 Å². The van der Waals surface area contributed by atoms with E-state index in [9.17, 15) is 14.4 Å². The van der Waals surface area contributed by atoms with Gasteiger partial charge >= 0.3 is 5.91 Å². The molecule has 0 saturated carbocycles. The number of hydrogen-bond donors (Lipinski definition) is 3. The Morgan fingerprint density at radius 3 is 2.52 bits per heavy atom. The molecule has 1 aliphatic carbocycles. The maximum Gasteiger partial charge on any atom is 0.305 e. The number of furan rings is 1. The number of carbonyl (C=O) groups is 3. The molecule has 2 heterocycles. The van der Waals surface area contributed by atoms with Crippen molar-refractivity contribution in [3.05, 3.63) is 87.6 Å². The topological polar surface area (TPSA) is 126 Å². The van der Waals surface area contributed by atoms with Crippen LogP contribution in [0.2, 0.25) is 5.02 Å². The number of hydrogen-bond acceptors (Lipinski definition) is 6. The summed E-state index contributed by atoms with van der Waals surface area (Å²) in [5.74, 6) is -0.779. The van der Waals surface area contributed by atoms with E-state index in [1.54, 1.807) is 31.2 Å². The van der Waals surface area contributed by atoms with Crippen LogP contribution in [0.4, 0.5) is 0 Å². The summed E-state index contributed by atoms with van der Waals surface area (Å²) in [6.07, 6.45) is 4.96. The maximum atomic E-state index is 12.7. The Morgan fingerprint density at radius 2 is 1.76 bits per heavy atom. The Bertz CT molecular complexity index is 1250. The van der Waals surface area contributed by atoms with Gasteiger partial charge in [0, 0.05) is 46.1 Å². The second-order valence-electron chi connectivity index (χ2n) is 7.36. The average Bonchev–Trinajstić information content (AvgIpc) is 3.18. The van der Waals surface area contributed by atoms with Crippen molar-refractivity contribution in [1.29, 1.82) is 0 Å². The quantitative estimate of drug-likeness (QED) is 0.510. The fourth-order valence-corrected chi connectivity index (χ4v) is 3.75. The summed E-state index contributed by atoms with van der Waals surface area (Å²) in [6.45, 7) is 1.74. The van der Waals surface area contributed by atoms with Gasteiger partial charge in [0.15, 0.2) is 5.76 Å². The van der Waals surface area contributed by atoms with Gasteiger partial charge in [-0.05, 0) is 50.1 Å². The molecule has 0 atom stereocenters. The summed E-state index contributed by atoms with van der Waals surface area (Å²) in [4.78, 5) is 41.1. The number of amides is 3. The molecule has 0 unspecified atom stereocenters. The number of nitrogens with one attached hydrogen (secondary N) is 3. The van der Waals surface area contributed by atoms with E-state index in [-0.39, 0.29) is 5.76 Å². The second kappa shape index (κ2) is 9.66. The number of hydrazine groups is 1. The SMILES string of the molecule is Cc1c(C(=O)NNC(=O)c2ccncc2)oc2c1/C(=N/NC(=O)c1cccc(Cl)c1)CCC2. The lowest BCUT2D eigenvalue weighted by molar-refractivity contribution is 0.0829. The highest BCUT2D eigenvalue weighted by Gasteiger charge is 2.28. The number of aromatic nitrogens is 1. The number of fused-ring (bicyclic) bond motifs is 1. The molecule has 0 spiro atoms. The molecule has 0 radical (unpaired) electrons. The summed E-state index contributed by atoms with van der Waals surface area (Å²) in [5.41, 5.74) is 9.89. The minimum Gasteiger partial charge on any atom is -0.455 e. The molecule has 10 heteroatoms. The van der Waals surface area contributed by atoms with Gasteiger partial charge in [-0.15, -0.1) is 0 Å². The van der Waals surface area contributed by atoms with Gasteiger partial charge in [0.25, 0.3) is 11.8 Å². The summed E-state index contributed by atoms with van der Waals surface area (Å²) in [6, 6.07) is 9.60. The van der Waals surface area contributed by atoms with Crippen LogP contribution in [0.25, 0.3) is 0 Å². The van der Waals surface area contributed by atoms with Crippen molar-refractivity contribution in [2.45, 2.75) is 26.2 Å². The molecule has 9 nitrogen and oxygen atoms in total. The van der Waals surface area contributed by atoms with E-state index in [4.69, 9.17) is 16.0 Å². The number of aryl methyl sites for hydroxylation is 1. The minimum atomic E-state index is -0.591. The highest BCUT2D eigenvalue weighted by molar-refractivity contribution is 6.31. The smallest absolute Gasteiger partial charge is 0.305 e. The number of benzene rings is 1. The summed E-state index contributed by atoms with van der Waals surface area (Å²) >= 11 is 5.94. The Hall–Kier alpha value is -3.98. The number of rotatable bonds is 4. The third-order valence-electron chi connectivity index (χ3n) is 5.14. The molecular weight excluding hydrogens is 446 g/mol. The van der Waals surface area contributed by atoms with E-state index < -0.39 is 17.7 Å². The van der Waals surface area contributed by atoms with Crippen LogP contribution in [-0.2, 0) is 6.42 Å². The van der Waals surface area contributed by atoms with Crippen molar-refractivity contribution in [2.24, 2.45) is 5.10 Å². The molecule has 0 aliphatic heterocycles. The summed E-state index contributed by atoms with van der Waals surface area (Å²) in [7, 11) is 0. The Balaban J connectivity index is 1.49. The first kappa shape index (κ1) is 22.2. The van der Waals surface area contributed by atoms with Crippen molar-refractivity contribution in [3.63, 3.8) is 0 Å². The predicted molar refractivity (Wildman–Crippen MR) is 121 cm³/mol. The molecular formula is C23H20ClN5O4. The van der Waals surface area contributed by atoms with E-state index in [1.165, 1.54) is 24.5 Å². The highest BCUT2D eigenvalue weighted by atomic mass is 35.5. The zero-order chi connectivity index (χ0) is 23.4. The first-order valence-electron chi connectivity index (χ1n) is 10.2. The average molecular weight is 466 g/mol. The van der Waals surface area contributed by atoms with Crippen molar-refractivity contribution < 1.29 is 18.8 Å². The Kier molecular flexibility index (Phi) is 6.50. The molecule has 0 saturated heterocycles. The Morgan fingerprint density at radius 1 is 1.00 bits per heavy atom. The van der Waals surface area contributed by atoms with Gasteiger partial charge in [0.2, 0.25) is 0 Å². The van der Waals surface area contributed by atoms with Gasteiger partial charge in [-0.3, -0.25) is 30.2 Å². The van der Waals surface area contributed by atoms with Crippen LogP contribution in [-0.4, -0.2) is 28.4 Å². The van der Waals surface area contributed by atoms with Crippen LogP contribution in [0, 0.1) is 6.92 Å². The molecule has 3 amide bonds. The van der Waals surface area contributed by atoms with Crippen LogP contribution in [0.5, 0.6) is 0 Å². The number of halogens is 1. The van der Waals surface area contributed by atoms with E-state index in [2.05, 4.69) is 26.4 Å². The second-order valence-corrected chi connectivity index (χ2v) is 7.80. The summed E-state index contributed by atoms with van der Waals surface area (Å²) in [5, 5.41) is 4.74. The fraction of sp³-hybridized carbons (Fsp3) is 0.174. The van der Waals surface area contributed by atoms with E-state index >= 15 is 0 Å². The molecule has 168 valence electrons. The molecule has 3 N–H and O–H groups in total. The van der Waals surface area contributed by atoms with E-state index in [1.807, 2.05) is 0 Å². The van der Waals surface area contributed by atoms with Crippen molar-refractivity contribution >= 4 is 35.0 Å². The van der Waals surface area contributed by atoms with Crippen LogP contribution in [0.15, 0.2) is 58.3 Å². The first-order valence-corrected chi connectivity index (χ1v) is 10.6. The zero-order valence-corrected chi connectivity index (χ0v) is 18.4.